The predicted octanol–water partition coefficient (Wildman–Crippen LogP) is 5.71. The minimum atomic E-state index is -0.282. The monoisotopic (exact) mass is 580 g/mol. The Balaban J connectivity index is 1.49. The molecule has 0 fully saturated rings. The number of amides is 1. The summed E-state index contributed by atoms with van der Waals surface area (Å²) in [6, 6.07) is 21.2. The number of hydrogen-bond donors (Lipinski definition) is 2. The number of anilines is 1. The van der Waals surface area contributed by atoms with Crippen molar-refractivity contribution in [3.05, 3.63) is 86.9 Å². The van der Waals surface area contributed by atoms with Gasteiger partial charge in [-0.2, -0.15) is 0 Å². The number of nitrogens with one attached hydrogen (secondary N) is 2. The van der Waals surface area contributed by atoms with Crippen LogP contribution in [0.25, 0.3) is 22.3 Å². The van der Waals surface area contributed by atoms with E-state index in [1.54, 1.807) is 6.07 Å². The van der Waals surface area contributed by atoms with Crippen LogP contribution < -0.4 is 10.1 Å². The Bertz CT molecular complexity index is 1480. The number of carbonyl (C=O) groups is 1. The summed E-state index contributed by atoms with van der Waals surface area (Å²) in [5.74, 6) is 0.862. The summed E-state index contributed by atoms with van der Waals surface area (Å²) < 4.78 is 9.49. The molecule has 5 rings (SSSR count). The Labute approximate surface area is 211 Å². The minimum Gasteiger partial charge on any atom is -0.487 e. The van der Waals surface area contributed by atoms with Crippen LogP contribution in [0.3, 0.4) is 0 Å². The molecule has 0 aliphatic carbocycles. The highest BCUT2D eigenvalue weighted by Gasteiger charge is 2.23. The zero-order valence-electron chi connectivity index (χ0n) is 17.9. The molecule has 1 amide bonds. The summed E-state index contributed by atoms with van der Waals surface area (Å²) in [4.78, 5) is 13.4. The van der Waals surface area contributed by atoms with Crippen LogP contribution in [-0.4, -0.2) is 31.1 Å². The van der Waals surface area contributed by atoms with Gasteiger partial charge in [0.25, 0.3) is 5.91 Å². The van der Waals surface area contributed by atoms with Crippen molar-refractivity contribution >= 4 is 54.4 Å². The molecule has 5 aromatic rings. The van der Waals surface area contributed by atoms with Gasteiger partial charge in [-0.1, -0.05) is 58.4 Å². The third-order valence-electron chi connectivity index (χ3n) is 5.40. The van der Waals surface area contributed by atoms with E-state index >= 15 is 0 Å². The van der Waals surface area contributed by atoms with Gasteiger partial charge in [-0.15, -0.1) is 5.10 Å². The van der Waals surface area contributed by atoms with Crippen LogP contribution in [0.2, 0.25) is 0 Å². The number of aryl methyl sites for hydroxylation is 1. The number of nitrogens with zero attached hydrogens (tertiary/aromatic N) is 4. The standard InChI is InChI=1S/C24H18Br2N6O2/c1-32-21-16(8-5-9-19(21)34-13-14-6-3-2-4-7-14)20(26)22(32)24(33)27-18-11-10-15(25)12-17(18)23-28-30-31-29-23/h2-12H,13H2,1H3,(H,27,33)(H,28,29,30,31). The van der Waals surface area contributed by atoms with Crippen LogP contribution in [-0.2, 0) is 13.7 Å². The number of carbonyl (C=O) groups excluding carboxylic acids is 1. The second-order valence-corrected chi connectivity index (χ2v) is 9.25. The van der Waals surface area contributed by atoms with Crippen LogP contribution in [0.5, 0.6) is 5.75 Å². The highest BCUT2D eigenvalue weighted by Crippen LogP contribution is 2.37. The number of rotatable bonds is 6. The highest BCUT2D eigenvalue weighted by molar-refractivity contribution is 9.11. The minimum absolute atomic E-state index is 0.282. The largest absolute Gasteiger partial charge is 0.487 e. The molecule has 34 heavy (non-hydrogen) atoms. The molecule has 0 saturated heterocycles. The second-order valence-electron chi connectivity index (χ2n) is 7.54. The zero-order chi connectivity index (χ0) is 23.7. The highest BCUT2D eigenvalue weighted by atomic mass is 79.9. The van der Waals surface area contributed by atoms with Crippen LogP contribution in [0, 0.1) is 0 Å². The summed E-state index contributed by atoms with van der Waals surface area (Å²) in [5.41, 5.74) is 3.59. The average molecular weight is 582 g/mol. The quantitative estimate of drug-likeness (QED) is 0.267. The number of aromatic nitrogens is 5. The third kappa shape index (κ3) is 4.22. The summed E-state index contributed by atoms with van der Waals surface area (Å²) in [5, 5.41) is 17.9. The Morgan fingerprint density at radius 2 is 1.91 bits per heavy atom. The molecule has 0 aliphatic heterocycles. The number of hydrogen-bond acceptors (Lipinski definition) is 5. The van der Waals surface area contributed by atoms with Gasteiger partial charge < -0.3 is 14.6 Å². The number of halogens is 2. The normalized spacial score (nSPS) is 11.0. The van der Waals surface area contributed by atoms with Gasteiger partial charge in [0.1, 0.15) is 18.1 Å². The van der Waals surface area contributed by atoms with Gasteiger partial charge in [0.15, 0.2) is 5.82 Å². The Morgan fingerprint density at radius 1 is 1.09 bits per heavy atom. The molecule has 0 aliphatic rings. The first-order chi connectivity index (χ1) is 16.5. The molecule has 2 aromatic heterocycles. The fraction of sp³-hybridized carbons (Fsp3) is 0.0833. The summed E-state index contributed by atoms with van der Waals surface area (Å²) in [7, 11) is 1.85. The fourth-order valence-corrected chi connectivity index (χ4v) is 4.94. The van der Waals surface area contributed by atoms with Crippen molar-refractivity contribution in [3.8, 4) is 17.1 Å². The van der Waals surface area contributed by atoms with E-state index in [1.807, 2.05) is 72.3 Å². The van der Waals surface area contributed by atoms with Crippen molar-refractivity contribution in [2.45, 2.75) is 6.61 Å². The molecule has 0 spiro atoms. The van der Waals surface area contributed by atoms with Gasteiger partial charge in [0.2, 0.25) is 0 Å². The molecule has 8 nitrogen and oxygen atoms in total. The molecule has 0 atom stereocenters. The maximum atomic E-state index is 13.4. The predicted molar refractivity (Wildman–Crippen MR) is 137 cm³/mol. The topological polar surface area (TPSA) is 97.7 Å². The van der Waals surface area contributed by atoms with Gasteiger partial charge in [-0.3, -0.25) is 4.79 Å². The lowest BCUT2D eigenvalue weighted by Gasteiger charge is -2.12. The van der Waals surface area contributed by atoms with E-state index < -0.39 is 0 Å². The van der Waals surface area contributed by atoms with Crippen LogP contribution in [0.15, 0.2) is 75.7 Å². The lowest BCUT2D eigenvalue weighted by atomic mass is 10.1. The Hall–Kier alpha value is -3.50. The van der Waals surface area contributed by atoms with Crippen molar-refractivity contribution in [1.29, 1.82) is 0 Å². The molecular weight excluding hydrogens is 564 g/mol. The molecule has 170 valence electrons. The molecule has 2 N–H and O–H groups in total. The number of para-hydroxylation sites is 1. The lowest BCUT2D eigenvalue weighted by molar-refractivity contribution is 0.101. The molecule has 3 aromatic carbocycles. The van der Waals surface area contributed by atoms with Gasteiger partial charge in [0.05, 0.1) is 15.7 Å². The summed E-state index contributed by atoms with van der Waals surface area (Å²) in [6.45, 7) is 0.428. The SMILES string of the molecule is Cn1c(C(=O)Nc2ccc(Br)cc2-c2nnn[nH]2)c(Br)c2cccc(OCc3ccccc3)c21. The van der Waals surface area contributed by atoms with Gasteiger partial charge in [-0.05, 0) is 56.2 Å². The van der Waals surface area contributed by atoms with E-state index in [4.69, 9.17) is 4.74 Å². The van der Waals surface area contributed by atoms with E-state index in [2.05, 4.69) is 57.8 Å². The number of benzene rings is 3. The van der Waals surface area contributed by atoms with Crippen molar-refractivity contribution in [1.82, 2.24) is 25.2 Å². The molecule has 10 heteroatoms. The van der Waals surface area contributed by atoms with E-state index in [-0.39, 0.29) is 5.91 Å². The van der Waals surface area contributed by atoms with Crippen molar-refractivity contribution in [3.63, 3.8) is 0 Å². The molecule has 0 saturated carbocycles. The number of tetrazole rings is 1. The second kappa shape index (κ2) is 9.40. The number of fused-ring (bicyclic) bond motifs is 1. The molecule has 0 bridgehead atoms. The van der Waals surface area contributed by atoms with E-state index in [9.17, 15) is 4.79 Å². The first kappa shape index (κ1) is 22.3. The summed E-state index contributed by atoms with van der Waals surface area (Å²) in [6.07, 6.45) is 0. The first-order valence-corrected chi connectivity index (χ1v) is 11.9. The Morgan fingerprint density at radius 3 is 2.68 bits per heavy atom. The van der Waals surface area contributed by atoms with Gasteiger partial charge in [-0.25, -0.2) is 5.10 Å². The molecule has 2 heterocycles. The smallest absolute Gasteiger partial charge is 0.273 e. The first-order valence-electron chi connectivity index (χ1n) is 10.3. The van der Waals surface area contributed by atoms with E-state index in [0.29, 0.717) is 39.6 Å². The maximum absolute atomic E-state index is 13.4. The molecule has 0 unspecified atom stereocenters. The zero-order valence-corrected chi connectivity index (χ0v) is 21.1. The van der Waals surface area contributed by atoms with Crippen LogP contribution >= 0.6 is 31.9 Å². The van der Waals surface area contributed by atoms with Crippen LogP contribution in [0.1, 0.15) is 16.1 Å². The average Bonchev–Trinajstić information content (AvgIpc) is 3.47. The number of aromatic amines is 1. The Kier molecular flexibility index (Phi) is 6.16. The van der Waals surface area contributed by atoms with E-state index in [1.165, 1.54) is 0 Å². The van der Waals surface area contributed by atoms with Crippen molar-refractivity contribution < 1.29 is 9.53 Å². The lowest BCUT2D eigenvalue weighted by Crippen LogP contribution is -2.17. The van der Waals surface area contributed by atoms with Crippen LogP contribution in [0.4, 0.5) is 5.69 Å². The maximum Gasteiger partial charge on any atom is 0.273 e. The van der Waals surface area contributed by atoms with Gasteiger partial charge in [0, 0.05) is 22.5 Å². The van der Waals surface area contributed by atoms with Crippen molar-refractivity contribution in [2.75, 3.05) is 5.32 Å². The van der Waals surface area contributed by atoms with Gasteiger partial charge >= 0.3 is 0 Å². The third-order valence-corrected chi connectivity index (χ3v) is 6.69. The number of ether oxygens (including phenoxy) is 1. The summed E-state index contributed by atoms with van der Waals surface area (Å²) >= 11 is 7.09. The molecule has 0 radical (unpaired) electrons. The van der Waals surface area contributed by atoms with Crippen molar-refractivity contribution in [2.24, 2.45) is 7.05 Å². The van der Waals surface area contributed by atoms with E-state index in [0.717, 1.165) is 20.9 Å². The fourth-order valence-electron chi connectivity index (χ4n) is 3.81. The molecular formula is C24H18Br2N6O2. The number of H-pyrrole nitrogens is 1.